The highest BCUT2D eigenvalue weighted by molar-refractivity contribution is 5.88. The van der Waals surface area contributed by atoms with Gasteiger partial charge in [-0.2, -0.15) is 0 Å². The number of piperidine rings is 1. The van der Waals surface area contributed by atoms with Crippen molar-refractivity contribution in [3.05, 3.63) is 75.1 Å². The molecule has 3 aromatic rings. The molecule has 0 amide bonds. The summed E-state index contributed by atoms with van der Waals surface area (Å²) >= 11 is 0. The highest BCUT2D eigenvalue weighted by atomic mass is 19.1. The fourth-order valence-electron chi connectivity index (χ4n) is 4.64. The molecule has 1 aliphatic rings. The zero-order valence-electron chi connectivity index (χ0n) is 18.4. The van der Waals surface area contributed by atoms with Crippen molar-refractivity contribution in [3.63, 3.8) is 0 Å². The molecule has 0 bridgehead atoms. The molecular formula is C25H27FN2O4. The van der Waals surface area contributed by atoms with Crippen LogP contribution in [0.2, 0.25) is 0 Å². The van der Waals surface area contributed by atoms with Crippen LogP contribution in [0.5, 0.6) is 5.75 Å². The number of aryl methyl sites for hydroxylation is 1. The largest absolute Gasteiger partial charge is 0.496 e. The van der Waals surface area contributed by atoms with E-state index in [-0.39, 0.29) is 23.5 Å². The smallest absolute Gasteiger partial charge is 0.335 e. The van der Waals surface area contributed by atoms with Crippen molar-refractivity contribution in [2.24, 2.45) is 0 Å². The Bertz CT molecular complexity index is 1220. The van der Waals surface area contributed by atoms with Crippen molar-refractivity contribution >= 4 is 16.9 Å². The molecule has 6 nitrogen and oxygen atoms in total. The number of hydrogen-bond donors (Lipinski definition) is 2. The van der Waals surface area contributed by atoms with Crippen LogP contribution in [0.3, 0.4) is 0 Å². The molecule has 2 N–H and O–H groups in total. The molecule has 0 aliphatic carbocycles. The lowest BCUT2D eigenvalue weighted by Gasteiger charge is -2.42. The lowest BCUT2D eigenvalue weighted by Crippen LogP contribution is -2.42. The second kappa shape index (κ2) is 8.39. The number of H-pyrrole nitrogens is 1. The Morgan fingerprint density at radius 2 is 2.03 bits per heavy atom. The van der Waals surface area contributed by atoms with Gasteiger partial charge in [0, 0.05) is 43.4 Å². The van der Waals surface area contributed by atoms with E-state index >= 15 is 4.39 Å². The third kappa shape index (κ3) is 4.12. The van der Waals surface area contributed by atoms with Gasteiger partial charge in [0.2, 0.25) is 0 Å². The van der Waals surface area contributed by atoms with Gasteiger partial charge in [-0.25, -0.2) is 9.18 Å². The van der Waals surface area contributed by atoms with E-state index in [1.807, 2.05) is 13.0 Å². The number of nitrogens with one attached hydrogen (secondary N) is 1. The number of fused-ring (bicyclic) bond motifs is 1. The SMILES string of the molecule is COc1cc(C)c2[nH]ccc(=O)c2c1CN1CC[C@@](C)(F)C[C@H]1c1ccc(C(=O)O)cc1. The maximum absolute atomic E-state index is 15.0. The zero-order chi connectivity index (χ0) is 23.0. The molecule has 4 rings (SSSR count). The molecule has 32 heavy (non-hydrogen) atoms. The van der Waals surface area contributed by atoms with Crippen molar-refractivity contribution in [1.82, 2.24) is 9.88 Å². The van der Waals surface area contributed by atoms with Gasteiger partial charge in [0.25, 0.3) is 0 Å². The minimum absolute atomic E-state index is 0.0922. The van der Waals surface area contributed by atoms with E-state index in [9.17, 15) is 14.7 Å². The van der Waals surface area contributed by atoms with E-state index in [1.165, 1.54) is 6.07 Å². The summed E-state index contributed by atoms with van der Waals surface area (Å²) in [6.45, 7) is 4.44. The molecule has 1 saturated heterocycles. The van der Waals surface area contributed by atoms with Gasteiger partial charge in [-0.3, -0.25) is 9.69 Å². The Morgan fingerprint density at radius 3 is 2.69 bits per heavy atom. The molecule has 2 atom stereocenters. The average Bonchev–Trinajstić information content (AvgIpc) is 2.76. The highest BCUT2D eigenvalue weighted by Crippen LogP contribution is 2.41. The molecular weight excluding hydrogens is 411 g/mol. The molecule has 1 aliphatic heterocycles. The number of carboxylic acid groups (broad SMARTS) is 1. The van der Waals surface area contributed by atoms with Gasteiger partial charge < -0.3 is 14.8 Å². The second-order valence-corrected chi connectivity index (χ2v) is 8.75. The normalized spacial score (nSPS) is 21.6. The van der Waals surface area contributed by atoms with Crippen LogP contribution in [0.15, 0.2) is 47.4 Å². The van der Waals surface area contributed by atoms with Crippen molar-refractivity contribution in [2.75, 3.05) is 13.7 Å². The molecule has 1 fully saturated rings. The molecule has 2 aromatic carbocycles. The number of carbonyl (C=O) groups is 1. The average molecular weight is 438 g/mol. The van der Waals surface area contributed by atoms with Crippen LogP contribution in [0.4, 0.5) is 4.39 Å². The molecule has 0 spiro atoms. The Kier molecular flexibility index (Phi) is 5.77. The molecule has 2 heterocycles. The van der Waals surface area contributed by atoms with Crippen molar-refractivity contribution in [1.29, 1.82) is 0 Å². The Morgan fingerprint density at radius 1 is 1.31 bits per heavy atom. The first-order chi connectivity index (χ1) is 15.2. The van der Waals surface area contributed by atoms with Crippen molar-refractivity contribution < 1.29 is 19.0 Å². The van der Waals surface area contributed by atoms with Gasteiger partial charge in [-0.1, -0.05) is 12.1 Å². The number of aromatic carboxylic acids is 1. The van der Waals surface area contributed by atoms with Crippen LogP contribution in [-0.4, -0.2) is 40.3 Å². The van der Waals surface area contributed by atoms with Crippen LogP contribution in [0.1, 0.15) is 52.9 Å². The molecule has 0 radical (unpaired) electrons. The zero-order valence-corrected chi connectivity index (χ0v) is 18.4. The van der Waals surface area contributed by atoms with Crippen LogP contribution in [-0.2, 0) is 6.54 Å². The van der Waals surface area contributed by atoms with E-state index in [1.54, 1.807) is 44.5 Å². The third-order valence-electron chi connectivity index (χ3n) is 6.40. The lowest BCUT2D eigenvalue weighted by atomic mass is 9.85. The van der Waals surface area contributed by atoms with Crippen molar-refractivity contribution in [3.8, 4) is 5.75 Å². The summed E-state index contributed by atoms with van der Waals surface area (Å²) in [6, 6.07) is 9.75. The molecule has 168 valence electrons. The maximum atomic E-state index is 15.0. The number of alkyl halides is 1. The number of aromatic nitrogens is 1. The van der Waals surface area contributed by atoms with Crippen LogP contribution >= 0.6 is 0 Å². The first-order valence-electron chi connectivity index (χ1n) is 10.6. The number of aromatic amines is 1. The first kappa shape index (κ1) is 22.0. The minimum atomic E-state index is -1.33. The van der Waals surface area contributed by atoms with Crippen LogP contribution in [0, 0.1) is 6.92 Å². The van der Waals surface area contributed by atoms with E-state index in [0.29, 0.717) is 30.6 Å². The number of carboxylic acids is 1. The molecule has 7 heteroatoms. The Balaban J connectivity index is 1.78. The van der Waals surface area contributed by atoms with E-state index < -0.39 is 11.6 Å². The van der Waals surface area contributed by atoms with Crippen LogP contribution in [0.25, 0.3) is 10.9 Å². The maximum Gasteiger partial charge on any atom is 0.335 e. The monoisotopic (exact) mass is 438 g/mol. The number of likely N-dealkylation sites (tertiary alicyclic amines) is 1. The summed E-state index contributed by atoms with van der Waals surface area (Å²) in [5.41, 5.74) is 2.07. The Hall–Kier alpha value is -3.19. The van der Waals surface area contributed by atoms with Gasteiger partial charge in [0.1, 0.15) is 11.4 Å². The van der Waals surface area contributed by atoms with E-state index in [2.05, 4.69) is 9.88 Å². The summed E-state index contributed by atoms with van der Waals surface area (Å²) in [5, 5.41) is 9.79. The first-order valence-corrected chi connectivity index (χ1v) is 10.6. The predicted octanol–water partition coefficient (Wildman–Crippen LogP) is 4.61. The number of pyridine rings is 1. The predicted molar refractivity (Wildman–Crippen MR) is 121 cm³/mol. The van der Waals surface area contributed by atoms with E-state index in [4.69, 9.17) is 4.74 Å². The van der Waals surface area contributed by atoms with Gasteiger partial charge in [0.15, 0.2) is 5.43 Å². The van der Waals surface area contributed by atoms with Gasteiger partial charge in [-0.05, 0) is 49.6 Å². The number of hydrogen-bond acceptors (Lipinski definition) is 4. The summed E-state index contributed by atoms with van der Waals surface area (Å²) in [7, 11) is 1.58. The standard InChI is InChI=1S/C25H27FN2O4/c1-15-12-21(32-3)18(22-20(29)8-10-27-23(15)22)14-28-11-9-25(2,26)13-19(28)16-4-6-17(7-5-16)24(30)31/h4-8,10,12,19H,9,11,13-14H2,1-3H3,(H,27,29)(H,30,31)/t19-,25+/m0/s1. The number of benzene rings is 2. The minimum Gasteiger partial charge on any atom is -0.496 e. The summed E-state index contributed by atoms with van der Waals surface area (Å²) < 4.78 is 20.7. The topological polar surface area (TPSA) is 82.6 Å². The number of methoxy groups -OCH3 is 1. The second-order valence-electron chi connectivity index (χ2n) is 8.75. The number of halogens is 1. The quantitative estimate of drug-likeness (QED) is 0.608. The summed E-state index contributed by atoms with van der Waals surface area (Å²) in [4.78, 5) is 29.4. The molecule has 1 aromatic heterocycles. The molecule has 0 saturated carbocycles. The van der Waals surface area contributed by atoms with Crippen LogP contribution < -0.4 is 10.2 Å². The highest BCUT2D eigenvalue weighted by Gasteiger charge is 2.38. The van der Waals surface area contributed by atoms with Gasteiger partial charge in [0.05, 0.1) is 23.6 Å². The fourth-order valence-corrected chi connectivity index (χ4v) is 4.64. The number of ether oxygens (including phenoxy) is 1. The van der Waals surface area contributed by atoms with Crippen molar-refractivity contribution in [2.45, 2.75) is 44.9 Å². The van der Waals surface area contributed by atoms with E-state index in [0.717, 1.165) is 22.2 Å². The molecule has 0 unspecified atom stereocenters. The number of rotatable bonds is 5. The summed E-state index contributed by atoms with van der Waals surface area (Å²) in [5.74, 6) is -0.372. The van der Waals surface area contributed by atoms with Gasteiger partial charge >= 0.3 is 5.97 Å². The third-order valence-corrected chi connectivity index (χ3v) is 6.40. The lowest BCUT2D eigenvalue weighted by molar-refractivity contribution is 0.0244. The Labute approximate surface area is 185 Å². The summed E-state index contributed by atoms with van der Waals surface area (Å²) in [6.07, 6.45) is 2.29. The van der Waals surface area contributed by atoms with Gasteiger partial charge in [-0.15, -0.1) is 0 Å². The fraction of sp³-hybridized carbons (Fsp3) is 0.360. The number of nitrogens with zero attached hydrogens (tertiary/aromatic N) is 1.